The molecule has 0 bridgehead atoms. The van der Waals surface area contributed by atoms with E-state index in [0.717, 1.165) is 51.1 Å². The van der Waals surface area contributed by atoms with Crippen LogP contribution in [-0.2, 0) is 6.42 Å². The van der Waals surface area contributed by atoms with Crippen molar-refractivity contribution in [3.63, 3.8) is 0 Å². The number of nitrogens with zero attached hydrogens (tertiary/aromatic N) is 2. The zero-order valence-electron chi connectivity index (χ0n) is 17.9. The van der Waals surface area contributed by atoms with E-state index in [2.05, 4.69) is 45.8 Å². The molecule has 4 N–H and O–H groups in total. The predicted octanol–water partition coefficient (Wildman–Crippen LogP) is 5.18. The Balaban J connectivity index is 1.44. The van der Waals surface area contributed by atoms with Crippen LogP contribution in [0.5, 0.6) is 0 Å². The predicted molar refractivity (Wildman–Crippen MR) is 128 cm³/mol. The van der Waals surface area contributed by atoms with Crippen molar-refractivity contribution in [1.29, 1.82) is 0 Å². The molecule has 0 spiro atoms. The Kier molecular flexibility index (Phi) is 5.44. The summed E-state index contributed by atoms with van der Waals surface area (Å²) in [6, 6.07) is 20.6. The van der Waals surface area contributed by atoms with E-state index in [1.54, 1.807) is 12.5 Å². The third-order valence-electron chi connectivity index (χ3n) is 5.65. The molecule has 0 aliphatic heterocycles. The Morgan fingerprint density at radius 3 is 2.75 bits per heavy atom. The molecule has 5 aromatic rings. The molecule has 3 heterocycles. The SMILES string of the molecule is Cc1[nH]nc2ccc(-c3cc(NC[C@H](N)Cc4ccccc4)cnc3-c3ccoc3)cc12. The molecule has 32 heavy (non-hydrogen) atoms. The highest BCUT2D eigenvalue weighted by atomic mass is 16.3. The summed E-state index contributed by atoms with van der Waals surface area (Å²) in [4.78, 5) is 4.76. The molecule has 160 valence electrons. The smallest absolute Gasteiger partial charge is 0.0996 e. The monoisotopic (exact) mass is 423 g/mol. The molecule has 0 radical (unpaired) electrons. The third-order valence-corrected chi connectivity index (χ3v) is 5.65. The summed E-state index contributed by atoms with van der Waals surface area (Å²) in [6.45, 7) is 2.68. The lowest BCUT2D eigenvalue weighted by molar-refractivity contribution is 0.568. The highest BCUT2D eigenvalue weighted by molar-refractivity contribution is 5.90. The first-order valence-corrected chi connectivity index (χ1v) is 10.7. The maximum absolute atomic E-state index is 6.37. The number of hydrogen-bond donors (Lipinski definition) is 3. The highest BCUT2D eigenvalue weighted by Gasteiger charge is 2.14. The molecule has 0 aliphatic rings. The molecule has 0 aliphatic carbocycles. The summed E-state index contributed by atoms with van der Waals surface area (Å²) in [5.74, 6) is 0. The van der Waals surface area contributed by atoms with Crippen molar-refractivity contribution in [3.05, 3.63) is 90.6 Å². The van der Waals surface area contributed by atoms with Gasteiger partial charge in [0.1, 0.15) is 0 Å². The lowest BCUT2D eigenvalue weighted by atomic mass is 9.98. The number of aryl methyl sites for hydroxylation is 1. The summed E-state index contributed by atoms with van der Waals surface area (Å²) in [5.41, 5.74) is 14.4. The van der Waals surface area contributed by atoms with E-state index in [1.165, 1.54) is 5.56 Å². The van der Waals surface area contributed by atoms with Crippen molar-refractivity contribution < 1.29 is 4.42 Å². The van der Waals surface area contributed by atoms with Crippen LogP contribution in [0.4, 0.5) is 5.69 Å². The van der Waals surface area contributed by atoms with Crippen LogP contribution in [0.1, 0.15) is 11.3 Å². The maximum atomic E-state index is 6.37. The van der Waals surface area contributed by atoms with Crippen molar-refractivity contribution >= 4 is 16.6 Å². The zero-order valence-corrected chi connectivity index (χ0v) is 17.9. The van der Waals surface area contributed by atoms with E-state index in [9.17, 15) is 0 Å². The molecule has 1 atom stereocenters. The topological polar surface area (TPSA) is 92.8 Å². The molecule has 0 saturated carbocycles. The normalized spacial score (nSPS) is 12.2. The number of pyridine rings is 1. The van der Waals surface area contributed by atoms with E-state index in [-0.39, 0.29) is 6.04 Å². The average molecular weight is 424 g/mol. The van der Waals surface area contributed by atoms with Gasteiger partial charge >= 0.3 is 0 Å². The number of fused-ring (bicyclic) bond motifs is 1. The first-order valence-electron chi connectivity index (χ1n) is 10.7. The van der Waals surface area contributed by atoms with Gasteiger partial charge in [0.05, 0.1) is 35.6 Å². The minimum atomic E-state index is -0.000620. The number of nitrogens with one attached hydrogen (secondary N) is 2. The van der Waals surface area contributed by atoms with E-state index in [4.69, 9.17) is 15.1 Å². The number of H-pyrrole nitrogens is 1. The molecule has 6 heteroatoms. The van der Waals surface area contributed by atoms with Crippen LogP contribution in [0.25, 0.3) is 33.3 Å². The lowest BCUT2D eigenvalue weighted by Crippen LogP contribution is -2.31. The summed E-state index contributed by atoms with van der Waals surface area (Å²) >= 11 is 0. The second kappa shape index (κ2) is 8.69. The molecule has 2 aromatic carbocycles. The molecule has 3 aromatic heterocycles. The van der Waals surface area contributed by atoms with Crippen molar-refractivity contribution in [3.8, 4) is 22.4 Å². The summed E-state index contributed by atoms with van der Waals surface area (Å²) in [7, 11) is 0. The number of rotatable bonds is 7. The van der Waals surface area contributed by atoms with Gasteiger partial charge in [0.2, 0.25) is 0 Å². The van der Waals surface area contributed by atoms with Gasteiger partial charge in [-0.1, -0.05) is 36.4 Å². The second-order valence-electron chi connectivity index (χ2n) is 8.04. The zero-order chi connectivity index (χ0) is 21.9. The average Bonchev–Trinajstić information content (AvgIpc) is 3.48. The van der Waals surface area contributed by atoms with Crippen molar-refractivity contribution in [2.24, 2.45) is 5.73 Å². The number of furan rings is 1. The molecule has 6 nitrogen and oxygen atoms in total. The fraction of sp³-hybridized carbons (Fsp3) is 0.154. The van der Waals surface area contributed by atoms with E-state index in [1.807, 2.05) is 43.5 Å². The van der Waals surface area contributed by atoms with Crippen molar-refractivity contribution in [2.75, 3.05) is 11.9 Å². The Morgan fingerprint density at radius 1 is 1.06 bits per heavy atom. The highest BCUT2D eigenvalue weighted by Crippen LogP contribution is 2.34. The fourth-order valence-electron chi connectivity index (χ4n) is 3.95. The van der Waals surface area contributed by atoms with Crippen molar-refractivity contribution in [1.82, 2.24) is 15.2 Å². The molecular weight excluding hydrogens is 398 g/mol. The van der Waals surface area contributed by atoms with Crippen LogP contribution in [0.15, 0.2) is 83.8 Å². The Hall–Kier alpha value is -3.90. The number of nitrogens with two attached hydrogens (primary N) is 1. The van der Waals surface area contributed by atoms with Crippen LogP contribution in [-0.4, -0.2) is 27.8 Å². The molecule has 0 fully saturated rings. The largest absolute Gasteiger partial charge is 0.472 e. The molecule has 0 amide bonds. The number of hydrogen-bond acceptors (Lipinski definition) is 5. The standard InChI is InChI=1S/C26H25N5O/c1-17-23-12-19(7-8-25(23)31-30-17)24-13-22(15-29-26(24)20-9-10-32-16-20)28-14-21(27)11-18-5-3-2-4-6-18/h2-10,12-13,15-16,21,28H,11,14,27H2,1H3,(H,30,31)/t21-/m1/s1. The lowest BCUT2D eigenvalue weighted by Gasteiger charge is -2.16. The Labute approximate surface area is 186 Å². The third kappa shape index (κ3) is 4.13. The first-order chi connectivity index (χ1) is 15.7. The van der Waals surface area contributed by atoms with Gasteiger partial charge in [0, 0.05) is 34.8 Å². The van der Waals surface area contributed by atoms with E-state index < -0.39 is 0 Å². The van der Waals surface area contributed by atoms with Gasteiger partial charge in [0.25, 0.3) is 0 Å². The Morgan fingerprint density at radius 2 is 1.94 bits per heavy atom. The van der Waals surface area contributed by atoms with Gasteiger partial charge in [0.15, 0.2) is 0 Å². The summed E-state index contributed by atoms with van der Waals surface area (Å²) < 4.78 is 5.32. The second-order valence-corrected chi connectivity index (χ2v) is 8.04. The van der Waals surface area contributed by atoms with Gasteiger partial charge in [-0.2, -0.15) is 5.10 Å². The van der Waals surface area contributed by atoms with E-state index >= 15 is 0 Å². The minimum absolute atomic E-state index is 0.000620. The van der Waals surface area contributed by atoms with Gasteiger partial charge in [-0.3, -0.25) is 10.1 Å². The summed E-state index contributed by atoms with van der Waals surface area (Å²) in [5, 5.41) is 12.0. The van der Waals surface area contributed by atoms with Crippen LogP contribution < -0.4 is 11.1 Å². The maximum Gasteiger partial charge on any atom is 0.0996 e. The van der Waals surface area contributed by atoms with Gasteiger partial charge < -0.3 is 15.5 Å². The number of aromatic amines is 1. The van der Waals surface area contributed by atoms with Gasteiger partial charge in [-0.15, -0.1) is 0 Å². The molecule has 0 unspecified atom stereocenters. The number of aromatic nitrogens is 3. The quantitative estimate of drug-likeness (QED) is 0.336. The van der Waals surface area contributed by atoms with E-state index in [0.29, 0.717) is 6.54 Å². The minimum Gasteiger partial charge on any atom is -0.472 e. The molecule has 5 rings (SSSR count). The van der Waals surface area contributed by atoms with Crippen LogP contribution in [0.2, 0.25) is 0 Å². The summed E-state index contributed by atoms with van der Waals surface area (Å²) in [6.07, 6.45) is 6.05. The van der Waals surface area contributed by atoms with Gasteiger partial charge in [-0.05, 0) is 48.7 Å². The van der Waals surface area contributed by atoms with Crippen LogP contribution in [0, 0.1) is 6.92 Å². The van der Waals surface area contributed by atoms with Crippen LogP contribution >= 0.6 is 0 Å². The van der Waals surface area contributed by atoms with Crippen LogP contribution in [0.3, 0.4) is 0 Å². The fourth-order valence-corrected chi connectivity index (χ4v) is 3.95. The Bertz CT molecular complexity index is 1330. The molecular formula is C26H25N5O. The molecule has 0 saturated heterocycles. The van der Waals surface area contributed by atoms with Gasteiger partial charge in [-0.25, -0.2) is 0 Å². The van der Waals surface area contributed by atoms with Crippen molar-refractivity contribution in [2.45, 2.75) is 19.4 Å². The first kappa shape index (κ1) is 20.0. The number of benzene rings is 2. The number of anilines is 1.